The van der Waals surface area contributed by atoms with E-state index in [4.69, 9.17) is 4.84 Å². The summed E-state index contributed by atoms with van der Waals surface area (Å²) in [5, 5.41) is 3.97. The van der Waals surface area contributed by atoms with E-state index in [2.05, 4.69) is 10.1 Å². The maximum absolute atomic E-state index is 11.9. The number of hydrogen-bond acceptors (Lipinski definition) is 4. The van der Waals surface area contributed by atoms with Crippen LogP contribution in [-0.4, -0.2) is 35.7 Å². The lowest BCUT2D eigenvalue weighted by atomic mass is 10.00. The molecule has 0 amide bonds. The van der Waals surface area contributed by atoms with Crippen molar-refractivity contribution < 1.29 is 9.63 Å². The van der Waals surface area contributed by atoms with Crippen molar-refractivity contribution in [3.8, 4) is 0 Å². The molecule has 0 bridgehead atoms. The summed E-state index contributed by atoms with van der Waals surface area (Å²) in [4.78, 5) is 19.0. The second kappa shape index (κ2) is 4.90. The van der Waals surface area contributed by atoms with E-state index in [0.29, 0.717) is 0 Å². The van der Waals surface area contributed by atoms with Gasteiger partial charge in [-0.1, -0.05) is 41.9 Å². The molecule has 0 N–H and O–H groups in total. The van der Waals surface area contributed by atoms with Crippen LogP contribution in [0.5, 0.6) is 0 Å². The first-order valence-electron chi connectivity index (χ1n) is 6.44. The van der Waals surface area contributed by atoms with Crippen molar-refractivity contribution in [2.75, 3.05) is 13.1 Å². The Hall–Kier alpha value is -1.68. The van der Waals surface area contributed by atoms with E-state index in [1.54, 1.807) is 0 Å². The lowest BCUT2D eigenvalue weighted by molar-refractivity contribution is -0.144. The van der Waals surface area contributed by atoms with Crippen molar-refractivity contribution >= 4 is 11.7 Å². The maximum atomic E-state index is 11.9. The molecule has 2 heterocycles. The topological polar surface area (TPSA) is 41.9 Å². The van der Waals surface area contributed by atoms with Crippen LogP contribution in [0.25, 0.3) is 0 Å². The number of carbonyl (C=O) groups is 1. The number of likely N-dealkylation sites (tertiary alicyclic amines) is 1. The first-order chi connectivity index (χ1) is 8.86. The Morgan fingerprint density at radius 3 is 2.56 bits per heavy atom. The minimum atomic E-state index is -0.312. The van der Waals surface area contributed by atoms with Crippen LogP contribution in [0, 0.1) is 0 Å². The third kappa shape index (κ3) is 2.04. The molecular formula is C14H16N2O2. The molecule has 4 nitrogen and oxygen atoms in total. The summed E-state index contributed by atoms with van der Waals surface area (Å²) < 4.78 is 0. The van der Waals surface area contributed by atoms with Gasteiger partial charge < -0.3 is 4.84 Å². The Labute approximate surface area is 106 Å². The number of nitrogens with zero attached hydrogens (tertiary/aromatic N) is 2. The quantitative estimate of drug-likeness (QED) is 0.745. The summed E-state index contributed by atoms with van der Waals surface area (Å²) in [6.45, 7) is 1.90. The van der Waals surface area contributed by atoms with Gasteiger partial charge in [-0.3, -0.25) is 4.90 Å². The summed E-state index contributed by atoms with van der Waals surface area (Å²) in [6, 6.07) is 9.49. The highest BCUT2D eigenvalue weighted by Crippen LogP contribution is 2.21. The summed E-state index contributed by atoms with van der Waals surface area (Å²) in [7, 11) is 0. The van der Waals surface area contributed by atoms with Crippen molar-refractivity contribution in [3.05, 3.63) is 35.9 Å². The van der Waals surface area contributed by atoms with Crippen molar-refractivity contribution in [2.45, 2.75) is 25.3 Å². The minimum Gasteiger partial charge on any atom is -0.316 e. The van der Waals surface area contributed by atoms with Gasteiger partial charge in [0, 0.05) is 5.56 Å². The third-order valence-electron chi connectivity index (χ3n) is 3.54. The molecule has 2 aliphatic heterocycles. The number of piperidine rings is 1. The predicted octanol–water partition coefficient (Wildman–Crippen LogP) is 1.80. The van der Waals surface area contributed by atoms with E-state index in [9.17, 15) is 4.79 Å². The zero-order chi connectivity index (χ0) is 12.4. The second-order valence-electron chi connectivity index (χ2n) is 4.75. The Kier molecular flexibility index (Phi) is 3.11. The SMILES string of the molecule is O=C1ON=C(c2ccccc2)C1N1CCCCC1. The van der Waals surface area contributed by atoms with E-state index in [0.717, 1.165) is 37.2 Å². The van der Waals surface area contributed by atoms with Crippen LogP contribution in [0.15, 0.2) is 35.5 Å². The summed E-state index contributed by atoms with van der Waals surface area (Å²) in [6.07, 6.45) is 3.54. The summed E-state index contributed by atoms with van der Waals surface area (Å²) >= 11 is 0. The molecule has 0 spiro atoms. The molecule has 3 rings (SSSR count). The number of oxime groups is 1. The van der Waals surface area contributed by atoms with Crippen LogP contribution in [0.4, 0.5) is 0 Å². The van der Waals surface area contributed by atoms with E-state index < -0.39 is 0 Å². The Balaban J connectivity index is 1.87. The molecule has 4 heteroatoms. The van der Waals surface area contributed by atoms with Crippen LogP contribution in [0.3, 0.4) is 0 Å². The molecule has 0 aliphatic carbocycles. The summed E-state index contributed by atoms with van der Waals surface area (Å²) in [5.41, 5.74) is 1.72. The normalized spacial score (nSPS) is 24.8. The van der Waals surface area contributed by atoms with Crippen LogP contribution in [0.1, 0.15) is 24.8 Å². The number of benzene rings is 1. The van der Waals surface area contributed by atoms with Gasteiger partial charge in [0.25, 0.3) is 0 Å². The Morgan fingerprint density at radius 1 is 1.11 bits per heavy atom. The number of carbonyl (C=O) groups excluding carboxylic acids is 1. The monoisotopic (exact) mass is 244 g/mol. The second-order valence-corrected chi connectivity index (χ2v) is 4.75. The van der Waals surface area contributed by atoms with Gasteiger partial charge in [-0.25, -0.2) is 4.79 Å². The zero-order valence-electron chi connectivity index (χ0n) is 10.2. The fraction of sp³-hybridized carbons (Fsp3) is 0.429. The first kappa shape index (κ1) is 11.4. The molecule has 0 saturated carbocycles. The zero-order valence-corrected chi connectivity index (χ0v) is 10.2. The van der Waals surface area contributed by atoms with Gasteiger partial charge in [-0.05, 0) is 25.9 Å². The van der Waals surface area contributed by atoms with E-state index >= 15 is 0 Å². The highest BCUT2D eigenvalue weighted by atomic mass is 16.7. The smallest absolute Gasteiger partial charge is 0.316 e. The molecule has 0 aromatic heterocycles. The molecule has 0 radical (unpaired) electrons. The average molecular weight is 244 g/mol. The molecule has 18 heavy (non-hydrogen) atoms. The van der Waals surface area contributed by atoms with Crippen LogP contribution in [-0.2, 0) is 9.63 Å². The Bertz CT molecular complexity index is 464. The minimum absolute atomic E-state index is 0.240. The lowest BCUT2D eigenvalue weighted by Crippen LogP contribution is -2.46. The highest BCUT2D eigenvalue weighted by Gasteiger charge is 2.38. The third-order valence-corrected chi connectivity index (χ3v) is 3.54. The average Bonchev–Trinajstić information content (AvgIpc) is 2.83. The van der Waals surface area contributed by atoms with Gasteiger partial charge in [-0.2, -0.15) is 0 Å². The summed E-state index contributed by atoms with van der Waals surface area (Å²) in [5.74, 6) is -0.240. The van der Waals surface area contributed by atoms with E-state index in [1.807, 2.05) is 30.3 Å². The van der Waals surface area contributed by atoms with Gasteiger partial charge in [0.1, 0.15) is 5.71 Å². The van der Waals surface area contributed by atoms with Gasteiger partial charge in [0.15, 0.2) is 6.04 Å². The van der Waals surface area contributed by atoms with Crippen LogP contribution in [0.2, 0.25) is 0 Å². The molecule has 1 unspecified atom stereocenters. The molecule has 2 aliphatic rings. The predicted molar refractivity (Wildman–Crippen MR) is 68.3 cm³/mol. The fourth-order valence-corrected chi connectivity index (χ4v) is 2.62. The van der Waals surface area contributed by atoms with Crippen molar-refractivity contribution in [2.24, 2.45) is 5.16 Å². The van der Waals surface area contributed by atoms with Crippen LogP contribution < -0.4 is 0 Å². The number of rotatable bonds is 2. The molecule has 1 aromatic rings. The van der Waals surface area contributed by atoms with E-state index in [-0.39, 0.29) is 12.0 Å². The van der Waals surface area contributed by atoms with Crippen molar-refractivity contribution in [1.29, 1.82) is 0 Å². The van der Waals surface area contributed by atoms with Gasteiger partial charge >= 0.3 is 5.97 Å². The molecule has 1 fully saturated rings. The molecule has 1 saturated heterocycles. The highest BCUT2D eigenvalue weighted by molar-refractivity contribution is 6.17. The van der Waals surface area contributed by atoms with E-state index in [1.165, 1.54) is 6.42 Å². The first-order valence-corrected chi connectivity index (χ1v) is 6.44. The van der Waals surface area contributed by atoms with Crippen LogP contribution >= 0.6 is 0 Å². The maximum Gasteiger partial charge on any atom is 0.358 e. The number of hydrogen-bond donors (Lipinski definition) is 0. The molecule has 1 atom stereocenters. The lowest BCUT2D eigenvalue weighted by Gasteiger charge is -2.30. The van der Waals surface area contributed by atoms with Crippen molar-refractivity contribution in [3.63, 3.8) is 0 Å². The van der Waals surface area contributed by atoms with Gasteiger partial charge in [0.05, 0.1) is 0 Å². The van der Waals surface area contributed by atoms with Crippen molar-refractivity contribution in [1.82, 2.24) is 4.90 Å². The molecule has 94 valence electrons. The molecule has 1 aromatic carbocycles. The molecular weight excluding hydrogens is 228 g/mol. The van der Waals surface area contributed by atoms with Gasteiger partial charge in [0.2, 0.25) is 0 Å². The largest absolute Gasteiger partial charge is 0.358 e. The van der Waals surface area contributed by atoms with Gasteiger partial charge in [-0.15, -0.1) is 0 Å². The Morgan fingerprint density at radius 2 is 1.83 bits per heavy atom. The fourth-order valence-electron chi connectivity index (χ4n) is 2.62. The standard InChI is InChI=1S/C14H16N2O2/c17-14-13(16-9-5-2-6-10-16)12(15-18-14)11-7-3-1-4-8-11/h1,3-4,7-8,13H,2,5-6,9-10H2.